The van der Waals surface area contributed by atoms with Gasteiger partial charge in [-0.3, -0.25) is 0 Å². The lowest BCUT2D eigenvalue weighted by Crippen LogP contribution is -2.11. The van der Waals surface area contributed by atoms with Crippen LogP contribution in [0.2, 0.25) is 0 Å². The minimum absolute atomic E-state index is 0.221. The second-order valence-electron chi connectivity index (χ2n) is 4.38. The van der Waals surface area contributed by atoms with Crippen LogP contribution in [0.5, 0.6) is 11.5 Å². The highest BCUT2D eigenvalue weighted by Crippen LogP contribution is 2.26. The lowest BCUT2D eigenvalue weighted by molar-refractivity contribution is 0.186. The lowest BCUT2D eigenvalue weighted by atomic mass is 10.1. The Labute approximate surface area is 113 Å². The standard InChI is InChI=1S/C16H19NO2/c1-2-12-5-3-4-6-16(12)19-14-9-7-13(8-10-14)15(18)11-17/h3-10,15,18H,2,11,17H2,1H3. The molecule has 0 saturated carbocycles. The summed E-state index contributed by atoms with van der Waals surface area (Å²) in [7, 11) is 0. The smallest absolute Gasteiger partial charge is 0.130 e. The molecule has 2 aromatic carbocycles. The maximum atomic E-state index is 9.63. The van der Waals surface area contributed by atoms with Crippen LogP contribution in [0, 0.1) is 0 Å². The second-order valence-corrected chi connectivity index (χ2v) is 4.38. The highest BCUT2D eigenvalue weighted by molar-refractivity contribution is 5.38. The zero-order valence-corrected chi connectivity index (χ0v) is 11.0. The Balaban J connectivity index is 2.15. The Kier molecular flexibility index (Phi) is 4.55. The maximum Gasteiger partial charge on any atom is 0.130 e. The summed E-state index contributed by atoms with van der Waals surface area (Å²) >= 11 is 0. The zero-order valence-electron chi connectivity index (χ0n) is 11.0. The van der Waals surface area contributed by atoms with Crippen LogP contribution >= 0.6 is 0 Å². The molecule has 0 spiro atoms. The van der Waals surface area contributed by atoms with Crippen LogP contribution in [-0.4, -0.2) is 11.7 Å². The molecule has 2 aromatic rings. The lowest BCUT2D eigenvalue weighted by Gasteiger charge is -2.12. The minimum atomic E-state index is -0.614. The molecule has 0 amide bonds. The minimum Gasteiger partial charge on any atom is -0.457 e. The molecule has 0 aliphatic carbocycles. The van der Waals surface area contributed by atoms with E-state index in [2.05, 4.69) is 13.0 Å². The number of rotatable bonds is 5. The summed E-state index contributed by atoms with van der Waals surface area (Å²) in [6.07, 6.45) is 0.317. The predicted molar refractivity (Wildman–Crippen MR) is 76.4 cm³/mol. The van der Waals surface area contributed by atoms with Crippen molar-refractivity contribution in [2.24, 2.45) is 5.73 Å². The summed E-state index contributed by atoms with van der Waals surface area (Å²) in [4.78, 5) is 0. The van der Waals surface area contributed by atoms with E-state index >= 15 is 0 Å². The third-order valence-corrected chi connectivity index (χ3v) is 3.07. The molecule has 100 valence electrons. The SMILES string of the molecule is CCc1ccccc1Oc1ccc(C(O)CN)cc1. The molecule has 3 nitrogen and oxygen atoms in total. The van der Waals surface area contributed by atoms with Crippen molar-refractivity contribution in [2.45, 2.75) is 19.4 Å². The highest BCUT2D eigenvalue weighted by Gasteiger charge is 2.06. The number of hydrogen-bond donors (Lipinski definition) is 2. The van der Waals surface area contributed by atoms with Gasteiger partial charge >= 0.3 is 0 Å². The first-order chi connectivity index (χ1) is 9.24. The molecule has 19 heavy (non-hydrogen) atoms. The predicted octanol–water partition coefficient (Wildman–Crippen LogP) is 3.03. The largest absolute Gasteiger partial charge is 0.457 e. The molecule has 0 aliphatic heterocycles. The molecule has 1 atom stereocenters. The summed E-state index contributed by atoms with van der Waals surface area (Å²) in [5.41, 5.74) is 7.40. The Hall–Kier alpha value is -1.84. The molecule has 1 unspecified atom stereocenters. The maximum absolute atomic E-state index is 9.63. The van der Waals surface area contributed by atoms with Gasteiger partial charge in [0.15, 0.2) is 0 Å². The highest BCUT2D eigenvalue weighted by atomic mass is 16.5. The van der Waals surface area contributed by atoms with Gasteiger partial charge in [0.2, 0.25) is 0 Å². The number of aryl methyl sites for hydroxylation is 1. The van der Waals surface area contributed by atoms with Gasteiger partial charge in [0.25, 0.3) is 0 Å². The van der Waals surface area contributed by atoms with Crippen molar-refractivity contribution >= 4 is 0 Å². The van der Waals surface area contributed by atoms with Crippen molar-refractivity contribution in [1.29, 1.82) is 0 Å². The topological polar surface area (TPSA) is 55.5 Å². The van der Waals surface area contributed by atoms with E-state index in [1.54, 1.807) is 0 Å². The monoisotopic (exact) mass is 257 g/mol. The van der Waals surface area contributed by atoms with Crippen LogP contribution in [0.15, 0.2) is 48.5 Å². The van der Waals surface area contributed by atoms with Crippen LogP contribution in [0.1, 0.15) is 24.2 Å². The molecule has 0 saturated heterocycles. The van der Waals surface area contributed by atoms with Gasteiger partial charge in [0.1, 0.15) is 11.5 Å². The van der Waals surface area contributed by atoms with E-state index in [-0.39, 0.29) is 6.54 Å². The zero-order chi connectivity index (χ0) is 13.7. The molecule has 0 aliphatic rings. The summed E-state index contributed by atoms with van der Waals surface area (Å²) < 4.78 is 5.86. The second kappa shape index (κ2) is 6.36. The molecule has 0 fully saturated rings. The molecular formula is C16H19NO2. The Bertz CT molecular complexity index is 523. The third-order valence-electron chi connectivity index (χ3n) is 3.07. The number of aliphatic hydroxyl groups is 1. The van der Waals surface area contributed by atoms with Crippen LogP contribution in [0.25, 0.3) is 0 Å². The number of nitrogens with two attached hydrogens (primary N) is 1. The summed E-state index contributed by atoms with van der Waals surface area (Å²) in [6, 6.07) is 15.3. The van der Waals surface area contributed by atoms with Gasteiger partial charge in [-0.15, -0.1) is 0 Å². The van der Waals surface area contributed by atoms with Crippen molar-refractivity contribution in [3.63, 3.8) is 0 Å². The quantitative estimate of drug-likeness (QED) is 0.865. The van der Waals surface area contributed by atoms with Gasteiger partial charge in [-0.1, -0.05) is 37.3 Å². The van der Waals surface area contributed by atoms with E-state index in [1.807, 2.05) is 42.5 Å². The van der Waals surface area contributed by atoms with Crippen LogP contribution < -0.4 is 10.5 Å². The fraction of sp³-hybridized carbons (Fsp3) is 0.250. The number of para-hydroxylation sites is 1. The molecule has 0 bridgehead atoms. The van der Waals surface area contributed by atoms with Gasteiger partial charge < -0.3 is 15.6 Å². The van der Waals surface area contributed by atoms with Crippen LogP contribution in [0.4, 0.5) is 0 Å². The number of ether oxygens (including phenoxy) is 1. The normalized spacial score (nSPS) is 12.2. The Morgan fingerprint density at radius 2 is 1.79 bits per heavy atom. The van der Waals surface area contributed by atoms with Gasteiger partial charge in [-0.05, 0) is 35.7 Å². The van der Waals surface area contributed by atoms with E-state index in [9.17, 15) is 5.11 Å². The van der Waals surface area contributed by atoms with Crippen molar-refractivity contribution in [1.82, 2.24) is 0 Å². The van der Waals surface area contributed by atoms with Crippen LogP contribution in [0.3, 0.4) is 0 Å². The number of aliphatic hydroxyl groups excluding tert-OH is 1. The summed E-state index contributed by atoms with van der Waals surface area (Å²) in [6.45, 7) is 2.32. The fourth-order valence-corrected chi connectivity index (χ4v) is 1.92. The van der Waals surface area contributed by atoms with Gasteiger partial charge in [-0.2, -0.15) is 0 Å². The molecule has 0 radical (unpaired) electrons. The molecule has 0 aromatic heterocycles. The van der Waals surface area contributed by atoms with E-state index in [0.29, 0.717) is 0 Å². The van der Waals surface area contributed by atoms with E-state index in [4.69, 9.17) is 10.5 Å². The molecule has 3 N–H and O–H groups in total. The van der Waals surface area contributed by atoms with Crippen molar-refractivity contribution in [3.8, 4) is 11.5 Å². The molecule has 2 rings (SSSR count). The third kappa shape index (κ3) is 3.34. The first-order valence-corrected chi connectivity index (χ1v) is 6.48. The molecule has 0 heterocycles. The fourth-order valence-electron chi connectivity index (χ4n) is 1.92. The number of hydrogen-bond acceptors (Lipinski definition) is 3. The molecular weight excluding hydrogens is 238 g/mol. The van der Waals surface area contributed by atoms with Crippen molar-refractivity contribution < 1.29 is 9.84 Å². The van der Waals surface area contributed by atoms with Crippen molar-refractivity contribution in [3.05, 3.63) is 59.7 Å². The van der Waals surface area contributed by atoms with Crippen LogP contribution in [-0.2, 0) is 6.42 Å². The first-order valence-electron chi connectivity index (χ1n) is 6.48. The molecule has 3 heteroatoms. The summed E-state index contributed by atoms with van der Waals surface area (Å²) in [5.74, 6) is 1.63. The first kappa shape index (κ1) is 13.6. The number of benzene rings is 2. The van der Waals surface area contributed by atoms with E-state index in [1.165, 1.54) is 5.56 Å². The summed E-state index contributed by atoms with van der Waals surface area (Å²) in [5, 5.41) is 9.63. The van der Waals surface area contributed by atoms with E-state index < -0.39 is 6.10 Å². The van der Waals surface area contributed by atoms with E-state index in [0.717, 1.165) is 23.5 Å². The average molecular weight is 257 g/mol. The van der Waals surface area contributed by atoms with Gasteiger partial charge in [0.05, 0.1) is 6.10 Å². The Morgan fingerprint density at radius 1 is 1.11 bits per heavy atom. The van der Waals surface area contributed by atoms with Gasteiger partial charge in [0, 0.05) is 6.54 Å². The Morgan fingerprint density at radius 3 is 2.42 bits per heavy atom. The average Bonchev–Trinajstić information content (AvgIpc) is 2.48. The van der Waals surface area contributed by atoms with Crippen molar-refractivity contribution in [2.75, 3.05) is 6.54 Å². The van der Waals surface area contributed by atoms with Gasteiger partial charge in [-0.25, -0.2) is 0 Å².